The maximum atomic E-state index is 5.82. The minimum Gasteiger partial charge on any atom is -0.381 e. The highest BCUT2D eigenvalue weighted by molar-refractivity contribution is 14.0. The van der Waals surface area contributed by atoms with E-state index in [2.05, 4.69) is 60.8 Å². The highest BCUT2D eigenvalue weighted by Crippen LogP contribution is 2.15. The lowest BCUT2D eigenvalue weighted by atomic mass is 10.0. The topological polar surface area (TPSA) is 58.1 Å². The largest absolute Gasteiger partial charge is 0.381 e. The van der Waals surface area contributed by atoms with E-state index in [4.69, 9.17) is 14.5 Å². The van der Waals surface area contributed by atoms with Gasteiger partial charge in [-0.25, -0.2) is 4.99 Å². The molecule has 1 saturated heterocycles. The average Bonchev–Trinajstić information content (AvgIpc) is 2.69. The summed E-state index contributed by atoms with van der Waals surface area (Å²) in [5.74, 6) is 1.53. The number of hydrogen-bond acceptors (Lipinski definition) is 4. The van der Waals surface area contributed by atoms with Crippen molar-refractivity contribution in [2.45, 2.75) is 32.7 Å². The summed E-state index contributed by atoms with van der Waals surface area (Å²) < 4.78 is 11.2. The van der Waals surface area contributed by atoms with Gasteiger partial charge in [-0.1, -0.05) is 12.1 Å². The fourth-order valence-electron chi connectivity index (χ4n) is 2.99. The van der Waals surface area contributed by atoms with Crippen LogP contribution in [0.1, 0.15) is 31.7 Å². The number of rotatable bonds is 10. The third-order valence-corrected chi connectivity index (χ3v) is 4.64. The molecule has 7 heteroatoms. The summed E-state index contributed by atoms with van der Waals surface area (Å²) in [6, 6.07) is 8.48. The second kappa shape index (κ2) is 14.9. The van der Waals surface area contributed by atoms with Crippen molar-refractivity contribution in [3.63, 3.8) is 0 Å². The Kier molecular flexibility index (Phi) is 13.3. The fraction of sp³-hybridized carbons (Fsp3) is 0.667. The van der Waals surface area contributed by atoms with E-state index < -0.39 is 0 Å². The number of ether oxygens (including phenoxy) is 2. The SMILES string of the molecule is CCNC(=NCc1cccc(N(C)C)c1)NCCCOCC1CCOCC1.I. The molecule has 2 N–H and O–H groups in total. The number of hydrogen-bond donors (Lipinski definition) is 2. The van der Waals surface area contributed by atoms with Crippen molar-refractivity contribution in [3.05, 3.63) is 29.8 Å². The minimum absolute atomic E-state index is 0. The smallest absolute Gasteiger partial charge is 0.191 e. The summed E-state index contributed by atoms with van der Waals surface area (Å²) in [5.41, 5.74) is 2.40. The van der Waals surface area contributed by atoms with Crippen LogP contribution < -0.4 is 15.5 Å². The fourth-order valence-corrected chi connectivity index (χ4v) is 2.99. The number of nitrogens with one attached hydrogen (secondary N) is 2. The molecule has 0 amide bonds. The molecular weight excluding hydrogens is 467 g/mol. The molecule has 0 radical (unpaired) electrons. The molecule has 0 aliphatic carbocycles. The molecule has 2 rings (SSSR count). The van der Waals surface area contributed by atoms with Crippen molar-refractivity contribution >= 4 is 35.6 Å². The van der Waals surface area contributed by atoms with Crippen LogP contribution in [0.3, 0.4) is 0 Å². The molecule has 0 spiro atoms. The maximum absolute atomic E-state index is 5.82. The molecule has 28 heavy (non-hydrogen) atoms. The van der Waals surface area contributed by atoms with E-state index in [1.807, 2.05) is 0 Å². The summed E-state index contributed by atoms with van der Waals surface area (Å²) in [5, 5.41) is 6.70. The van der Waals surface area contributed by atoms with Crippen LogP contribution in [-0.2, 0) is 16.0 Å². The van der Waals surface area contributed by atoms with Crippen molar-refractivity contribution < 1.29 is 9.47 Å². The summed E-state index contributed by atoms with van der Waals surface area (Å²) >= 11 is 0. The molecule has 0 aromatic heterocycles. The summed E-state index contributed by atoms with van der Waals surface area (Å²) in [6.07, 6.45) is 3.23. The second-order valence-electron chi connectivity index (χ2n) is 7.17. The quantitative estimate of drug-likeness (QED) is 0.222. The van der Waals surface area contributed by atoms with Crippen LogP contribution in [0.4, 0.5) is 5.69 Å². The van der Waals surface area contributed by atoms with Gasteiger partial charge in [0, 0.05) is 59.3 Å². The summed E-state index contributed by atoms with van der Waals surface area (Å²) in [4.78, 5) is 6.80. The first-order chi connectivity index (χ1) is 13.2. The first kappa shape index (κ1) is 25.0. The normalized spacial score (nSPS) is 15.0. The van der Waals surface area contributed by atoms with Crippen LogP contribution >= 0.6 is 24.0 Å². The van der Waals surface area contributed by atoms with Crippen LogP contribution in [0.15, 0.2) is 29.3 Å². The number of benzene rings is 1. The molecule has 0 bridgehead atoms. The Morgan fingerprint density at radius 1 is 1.25 bits per heavy atom. The molecule has 1 aromatic rings. The zero-order chi connectivity index (χ0) is 19.3. The molecule has 0 atom stereocenters. The van der Waals surface area contributed by atoms with E-state index in [1.54, 1.807) is 0 Å². The van der Waals surface area contributed by atoms with Crippen LogP contribution in [0.25, 0.3) is 0 Å². The number of aliphatic imine (C=N–C) groups is 1. The maximum Gasteiger partial charge on any atom is 0.191 e. The third kappa shape index (κ3) is 9.93. The van der Waals surface area contributed by atoms with Gasteiger partial charge in [-0.15, -0.1) is 24.0 Å². The molecule has 1 fully saturated rings. The summed E-state index contributed by atoms with van der Waals surface area (Å²) in [6.45, 7) is 7.87. The Balaban J connectivity index is 0.00000392. The Labute approximate surface area is 187 Å². The zero-order valence-electron chi connectivity index (χ0n) is 17.6. The number of halogens is 1. The molecule has 1 heterocycles. The molecule has 6 nitrogen and oxygen atoms in total. The lowest BCUT2D eigenvalue weighted by Gasteiger charge is -2.21. The lowest BCUT2D eigenvalue weighted by molar-refractivity contribution is 0.0203. The van der Waals surface area contributed by atoms with E-state index in [1.165, 1.54) is 11.3 Å². The van der Waals surface area contributed by atoms with E-state index in [0.717, 1.165) is 64.7 Å². The van der Waals surface area contributed by atoms with Gasteiger partial charge in [-0.2, -0.15) is 0 Å². The highest BCUT2D eigenvalue weighted by atomic mass is 127. The van der Waals surface area contributed by atoms with Gasteiger partial charge < -0.3 is 25.0 Å². The van der Waals surface area contributed by atoms with E-state index in [-0.39, 0.29) is 24.0 Å². The molecule has 1 aromatic carbocycles. The summed E-state index contributed by atoms with van der Waals surface area (Å²) in [7, 11) is 4.11. The molecule has 160 valence electrons. The Hall–Kier alpha value is -1.06. The van der Waals surface area contributed by atoms with E-state index >= 15 is 0 Å². The number of anilines is 1. The first-order valence-electron chi connectivity index (χ1n) is 10.1. The Bertz CT molecular complexity index is 563. The predicted octanol–water partition coefficient (Wildman–Crippen LogP) is 3.26. The van der Waals surface area contributed by atoms with Crippen molar-refractivity contribution in [2.24, 2.45) is 10.9 Å². The van der Waals surface area contributed by atoms with Crippen molar-refractivity contribution in [3.8, 4) is 0 Å². The molecule has 1 aliphatic rings. The van der Waals surface area contributed by atoms with E-state index in [0.29, 0.717) is 12.5 Å². The number of guanidine groups is 1. The third-order valence-electron chi connectivity index (χ3n) is 4.64. The minimum atomic E-state index is 0. The predicted molar refractivity (Wildman–Crippen MR) is 128 cm³/mol. The first-order valence-corrected chi connectivity index (χ1v) is 10.1. The van der Waals surface area contributed by atoms with Gasteiger partial charge in [0.15, 0.2) is 5.96 Å². The van der Waals surface area contributed by atoms with Gasteiger partial charge in [0.1, 0.15) is 0 Å². The van der Waals surface area contributed by atoms with Gasteiger partial charge in [0.05, 0.1) is 6.54 Å². The van der Waals surface area contributed by atoms with Crippen LogP contribution in [0, 0.1) is 5.92 Å². The number of nitrogens with zero attached hydrogens (tertiary/aromatic N) is 2. The van der Waals surface area contributed by atoms with Gasteiger partial charge in [-0.05, 0) is 49.8 Å². The van der Waals surface area contributed by atoms with Crippen LogP contribution in [0.5, 0.6) is 0 Å². The van der Waals surface area contributed by atoms with E-state index in [9.17, 15) is 0 Å². The van der Waals surface area contributed by atoms with Crippen molar-refractivity contribution in [1.29, 1.82) is 0 Å². The average molecular weight is 504 g/mol. The highest BCUT2D eigenvalue weighted by Gasteiger charge is 2.13. The van der Waals surface area contributed by atoms with Gasteiger partial charge in [0.25, 0.3) is 0 Å². The van der Waals surface area contributed by atoms with Gasteiger partial charge >= 0.3 is 0 Å². The molecule has 0 saturated carbocycles. The van der Waals surface area contributed by atoms with Crippen LogP contribution in [0.2, 0.25) is 0 Å². The van der Waals surface area contributed by atoms with Gasteiger partial charge in [-0.3, -0.25) is 0 Å². The van der Waals surface area contributed by atoms with Crippen LogP contribution in [-0.4, -0.2) is 59.6 Å². The monoisotopic (exact) mass is 504 g/mol. The van der Waals surface area contributed by atoms with Crippen molar-refractivity contribution in [2.75, 3.05) is 58.5 Å². The standard InChI is InChI=1S/C21H36N4O2.HI/c1-4-22-21(24-16-19-7-5-8-20(15-19)25(2)3)23-11-6-12-27-17-18-9-13-26-14-10-18;/h5,7-8,15,18H,4,6,9-14,16-17H2,1-3H3,(H2,22,23,24);1H. The zero-order valence-corrected chi connectivity index (χ0v) is 19.9. The second-order valence-corrected chi connectivity index (χ2v) is 7.17. The molecular formula is C21H37IN4O2. The lowest BCUT2D eigenvalue weighted by Crippen LogP contribution is -2.38. The van der Waals surface area contributed by atoms with Gasteiger partial charge in [0.2, 0.25) is 0 Å². The molecule has 1 aliphatic heterocycles. The Morgan fingerprint density at radius 3 is 2.75 bits per heavy atom. The Morgan fingerprint density at radius 2 is 2.04 bits per heavy atom. The van der Waals surface area contributed by atoms with Crippen molar-refractivity contribution in [1.82, 2.24) is 10.6 Å². The molecule has 0 unspecified atom stereocenters.